The Kier molecular flexibility index (Phi) is 2.96. The van der Waals surface area contributed by atoms with Crippen LogP contribution in [0.4, 0.5) is 16.2 Å². The summed E-state index contributed by atoms with van der Waals surface area (Å²) in [5.41, 5.74) is 10.7. The van der Waals surface area contributed by atoms with Gasteiger partial charge in [0, 0.05) is 0 Å². The third kappa shape index (κ3) is 2.01. The highest BCUT2D eigenvalue weighted by Crippen LogP contribution is 2.30. The molecule has 2 rings (SSSR count). The Hall–Kier alpha value is -3.19. The van der Waals surface area contributed by atoms with Crippen molar-refractivity contribution in [2.75, 3.05) is 11.5 Å². The molecular weight excluding hydrogens is 247 g/mol. The molecule has 0 aliphatic rings. The van der Waals surface area contributed by atoms with E-state index in [4.69, 9.17) is 22.0 Å². The Morgan fingerprint density at radius 1 is 1.11 bits per heavy atom. The number of rotatable bonds is 1. The zero-order valence-corrected chi connectivity index (χ0v) is 9.55. The molecule has 2 aromatic rings. The minimum absolute atomic E-state index is 0.0361. The van der Waals surface area contributed by atoms with Crippen LogP contribution in [0.1, 0.15) is 11.1 Å². The molecule has 0 unspecified atom stereocenters. The van der Waals surface area contributed by atoms with E-state index in [2.05, 4.69) is 9.97 Å². The smallest absolute Gasteiger partial charge is 0.222 e. The van der Waals surface area contributed by atoms with Gasteiger partial charge < -0.3 is 11.5 Å². The van der Waals surface area contributed by atoms with Crippen molar-refractivity contribution < 1.29 is 4.39 Å². The zero-order chi connectivity index (χ0) is 14.0. The maximum absolute atomic E-state index is 13.9. The molecule has 0 aliphatic heterocycles. The van der Waals surface area contributed by atoms with Crippen molar-refractivity contribution >= 4 is 11.8 Å². The molecule has 6 nitrogen and oxygen atoms in total. The molecular formula is C12H7FN6. The van der Waals surface area contributed by atoms with Gasteiger partial charge in [0.1, 0.15) is 29.0 Å². The Morgan fingerprint density at radius 2 is 1.84 bits per heavy atom. The van der Waals surface area contributed by atoms with E-state index in [1.54, 1.807) is 6.07 Å². The zero-order valence-electron chi connectivity index (χ0n) is 9.55. The van der Waals surface area contributed by atoms with E-state index >= 15 is 0 Å². The Labute approximate surface area is 107 Å². The van der Waals surface area contributed by atoms with Gasteiger partial charge in [-0.05, 0) is 12.1 Å². The van der Waals surface area contributed by atoms with Gasteiger partial charge in [-0.2, -0.15) is 15.5 Å². The number of nitrogens with two attached hydrogens (primary N) is 2. The summed E-state index contributed by atoms with van der Waals surface area (Å²) in [6.45, 7) is 0. The van der Waals surface area contributed by atoms with Crippen LogP contribution in [0.3, 0.4) is 0 Å². The Balaban J connectivity index is 2.88. The summed E-state index contributed by atoms with van der Waals surface area (Å²) >= 11 is 0. The van der Waals surface area contributed by atoms with Crippen LogP contribution < -0.4 is 11.5 Å². The van der Waals surface area contributed by atoms with Crippen molar-refractivity contribution in [2.45, 2.75) is 0 Å². The molecule has 19 heavy (non-hydrogen) atoms. The summed E-state index contributed by atoms with van der Waals surface area (Å²) in [5, 5.41) is 18.1. The number of nitriles is 2. The minimum atomic E-state index is -0.687. The Morgan fingerprint density at radius 3 is 2.47 bits per heavy atom. The van der Waals surface area contributed by atoms with Gasteiger partial charge in [0.15, 0.2) is 0 Å². The quantitative estimate of drug-likeness (QED) is 0.787. The average Bonchev–Trinajstić information content (AvgIpc) is 2.37. The fourth-order valence-corrected chi connectivity index (χ4v) is 1.65. The molecule has 0 aliphatic carbocycles. The van der Waals surface area contributed by atoms with Crippen LogP contribution >= 0.6 is 0 Å². The van der Waals surface area contributed by atoms with Crippen LogP contribution in [0.25, 0.3) is 11.3 Å². The van der Waals surface area contributed by atoms with Gasteiger partial charge in [-0.25, -0.2) is 9.37 Å². The van der Waals surface area contributed by atoms with Crippen LogP contribution in [0.5, 0.6) is 0 Å². The number of benzene rings is 1. The second kappa shape index (κ2) is 4.59. The van der Waals surface area contributed by atoms with Gasteiger partial charge in [-0.15, -0.1) is 0 Å². The second-order valence-corrected chi connectivity index (χ2v) is 3.58. The summed E-state index contributed by atoms with van der Waals surface area (Å²) in [7, 11) is 0. The third-order valence-electron chi connectivity index (χ3n) is 2.44. The number of halogens is 1. The van der Waals surface area contributed by atoms with Crippen molar-refractivity contribution in [3.63, 3.8) is 0 Å². The summed E-state index contributed by atoms with van der Waals surface area (Å²) in [6.07, 6.45) is 0. The van der Waals surface area contributed by atoms with Crippen LogP contribution in [0.2, 0.25) is 0 Å². The molecule has 4 N–H and O–H groups in total. The number of hydrogen-bond donors (Lipinski definition) is 2. The van der Waals surface area contributed by atoms with E-state index in [0.29, 0.717) is 0 Å². The number of nitrogens with zero attached hydrogens (tertiary/aromatic N) is 4. The van der Waals surface area contributed by atoms with E-state index in [0.717, 1.165) is 6.07 Å². The Bertz CT molecular complexity index is 741. The molecule has 1 aromatic heterocycles. The normalized spacial score (nSPS) is 9.63. The third-order valence-corrected chi connectivity index (χ3v) is 2.44. The van der Waals surface area contributed by atoms with Crippen molar-refractivity contribution in [3.05, 3.63) is 35.1 Å². The summed E-state index contributed by atoms with van der Waals surface area (Å²) < 4.78 is 13.9. The summed E-state index contributed by atoms with van der Waals surface area (Å²) in [5.74, 6) is -1.04. The van der Waals surface area contributed by atoms with E-state index in [1.165, 1.54) is 12.1 Å². The van der Waals surface area contributed by atoms with Crippen molar-refractivity contribution in [1.82, 2.24) is 9.97 Å². The lowest BCUT2D eigenvalue weighted by molar-refractivity contribution is 0.630. The summed E-state index contributed by atoms with van der Waals surface area (Å²) in [6, 6.07) is 7.58. The van der Waals surface area contributed by atoms with E-state index in [1.807, 2.05) is 6.07 Å². The molecule has 0 radical (unpaired) electrons. The minimum Gasteiger partial charge on any atom is -0.382 e. The number of hydrogen-bond acceptors (Lipinski definition) is 6. The molecule has 0 saturated heterocycles. The van der Waals surface area contributed by atoms with Crippen LogP contribution in [0.15, 0.2) is 18.2 Å². The van der Waals surface area contributed by atoms with Crippen molar-refractivity contribution in [1.29, 1.82) is 10.5 Å². The highest BCUT2D eigenvalue weighted by molar-refractivity contribution is 5.77. The average molecular weight is 254 g/mol. The molecule has 0 bridgehead atoms. The summed E-state index contributed by atoms with van der Waals surface area (Å²) in [4.78, 5) is 7.45. The van der Waals surface area contributed by atoms with Crippen molar-refractivity contribution in [2.24, 2.45) is 0 Å². The van der Waals surface area contributed by atoms with Crippen LogP contribution in [0, 0.1) is 28.5 Å². The van der Waals surface area contributed by atoms with Crippen LogP contribution in [-0.2, 0) is 0 Å². The molecule has 0 spiro atoms. The first-order chi connectivity index (χ1) is 9.08. The molecule has 1 aromatic carbocycles. The maximum Gasteiger partial charge on any atom is 0.222 e. The van der Waals surface area contributed by atoms with Gasteiger partial charge >= 0.3 is 0 Å². The second-order valence-electron chi connectivity index (χ2n) is 3.58. The van der Waals surface area contributed by atoms with Gasteiger partial charge in [-0.1, -0.05) is 6.07 Å². The molecule has 1 heterocycles. The number of aromatic nitrogens is 2. The molecule has 0 fully saturated rings. The van der Waals surface area contributed by atoms with Gasteiger partial charge in [-0.3, -0.25) is 0 Å². The highest BCUT2D eigenvalue weighted by Gasteiger charge is 2.19. The largest absolute Gasteiger partial charge is 0.382 e. The monoisotopic (exact) mass is 254 g/mol. The number of nitrogen functional groups attached to an aromatic ring is 2. The fourth-order valence-electron chi connectivity index (χ4n) is 1.65. The van der Waals surface area contributed by atoms with E-state index in [-0.39, 0.29) is 34.2 Å². The topological polar surface area (TPSA) is 125 Å². The molecule has 0 atom stereocenters. The molecule has 92 valence electrons. The number of anilines is 2. The molecule has 7 heteroatoms. The van der Waals surface area contributed by atoms with Gasteiger partial charge in [0.05, 0.1) is 17.2 Å². The first kappa shape index (κ1) is 12.3. The highest BCUT2D eigenvalue weighted by atomic mass is 19.1. The van der Waals surface area contributed by atoms with Crippen LogP contribution in [-0.4, -0.2) is 9.97 Å². The van der Waals surface area contributed by atoms with Crippen molar-refractivity contribution in [3.8, 4) is 23.4 Å². The lowest BCUT2D eigenvalue weighted by Gasteiger charge is -2.08. The maximum atomic E-state index is 13.9. The van der Waals surface area contributed by atoms with E-state index < -0.39 is 5.82 Å². The van der Waals surface area contributed by atoms with Gasteiger partial charge in [0.25, 0.3) is 0 Å². The van der Waals surface area contributed by atoms with E-state index in [9.17, 15) is 4.39 Å². The lowest BCUT2D eigenvalue weighted by Crippen LogP contribution is -2.06. The molecule has 0 saturated carbocycles. The SMILES string of the molecule is N#Cc1cccc(F)c1-c1nc(N)nc(N)c1C#N. The standard InChI is InChI=1S/C12H7FN6/c13-8-3-1-2-6(4-14)9(8)10-7(5-15)11(16)19-12(17)18-10/h1-3H,(H4,16,17,18,19). The first-order valence-corrected chi connectivity index (χ1v) is 5.10. The first-order valence-electron chi connectivity index (χ1n) is 5.10. The predicted octanol–water partition coefficient (Wildman–Crippen LogP) is 1.19. The fraction of sp³-hybridized carbons (Fsp3) is 0. The lowest BCUT2D eigenvalue weighted by atomic mass is 10.0. The van der Waals surface area contributed by atoms with Gasteiger partial charge in [0.2, 0.25) is 5.95 Å². The molecule has 0 amide bonds. The predicted molar refractivity (Wildman–Crippen MR) is 65.7 cm³/mol.